The average Bonchev–Trinajstić information content (AvgIpc) is 2.64. The van der Waals surface area contributed by atoms with Crippen molar-refractivity contribution in [2.24, 2.45) is 11.7 Å². The molecule has 4 heteroatoms. The average molecular weight is 255 g/mol. The largest absolute Gasteiger partial charge is 0.379 e. The molecule has 18 heavy (non-hydrogen) atoms. The van der Waals surface area contributed by atoms with E-state index >= 15 is 0 Å². The number of nitrogens with zero attached hydrogens (tertiary/aromatic N) is 2. The zero-order valence-corrected chi connectivity index (χ0v) is 12.0. The SMILES string of the molecule is CC1(C)C(CCN)CCN1CCN1CCOCC1. The van der Waals surface area contributed by atoms with Crippen LogP contribution in [0.2, 0.25) is 0 Å². The van der Waals surface area contributed by atoms with Gasteiger partial charge in [-0.25, -0.2) is 0 Å². The minimum Gasteiger partial charge on any atom is -0.379 e. The summed E-state index contributed by atoms with van der Waals surface area (Å²) in [6.07, 6.45) is 2.48. The Hall–Kier alpha value is -0.160. The summed E-state index contributed by atoms with van der Waals surface area (Å²) in [5.41, 5.74) is 6.05. The summed E-state index contributed by atoms with van der Waals surface area (Å²) in [7, 11) is 0. The van der Waals surface area contributed by atoms with E-state index in [0.717, 1.165) is 38.8 Å². The molecule has 106 valence electrons. The molecule has 2 aliphatic heterocycles. The fourth-order valence-corrected chi connectivity index (χ4v) is 3.40. The molecule has 4 nitrogen and oxygen atoms in total. The van der Waals surface area contributed by atoms with E-state index in [-0.39, 0.29) is 0 Å². The molecule has 2 N–H and O–H groups in total. The monoisotopic (exact) mass is 255 g/mol. The highest BCUT2D eigenvalue weighted by Crippen LogP contribution is 2.36. The van der Waals surface area contributed by atoms with E-state index in [1.54, 1.807) is 0 Å². The highest BCUT2D eigenvalue weighted by Gasteiger charge is 2.40. The van der Waals surface area contributed by atoms with Crippen LogP contribution in [0.3, 0.4) is 0 Å². The topological polar surface area (TPSA) is 41.7 Å². The Balaban J connectivity index is 1.78. The highest BCUT2D eigenvalue weighted by molar-refractivity contribution is 4.95. The van der Waals surface area contributed by atoms with Crippen LogP contribution in [0, 0.1) is 5.92 Å². The van der Waals surface area contributed by atoms with E-state index < -0.39 is 0 Å². The molecule has 1 atom stereocenters. The maximum absolute atomic E-state index is 5.73. The van der Waals surface area contributed by atoms with Crippen LogP contribution in [0.15, 0.2) is 0 Å². The molecule has 0 spiro atoms. The van der Waals surface area contributed by atoms with Crippen LogP contribution in [0.4, 0.5) is 0 Å². The van der Waals surface area contributed by atoms with Crippen molar-refractivity contribution in [2.75, 3.05) is 52.5 Å². The van der Waals surface area contributed by atoms with Crippen LogP contribution in [-0.4, -0.2) is 67.8 Å². The predicted molar refractivity (Wildman–Crippen MR) is 74.7 cm³/mol. The highest BCUT2D eigenvalue weighted by atomic mass is 16.5. The fourth-order valence-electron chi connectivity index (χ4n) is 3.40. The summed E-state index contributed by atoms with van der Waals surface area (Å²) in [6.45, 7) is 13.2. The number of rotatable bonds is 5. The quantitative estimate of drug-likeness (QED) is 0.788. The molecular weight excluding hydrogens is 226 g/mol. The Kier molecular flexibility index (Phi) is 5.01. The van der Waals surface area contributed by atoms with Gasteiger partial charge in [-0.3, -0.25) is 9.80 Å². The van der Waals surface area contributed by atoms with Crippen molar-refractivity contribution >= 4 is 0 Å². The second-order valence-electron chi connectivity index (χ2n) is 6.16. The van der Waals surface area contributed by atoms with Crippen LogP contribution in [0.1, 0.15) is 26.7 Å². The second kappa shape index (κ2) is 6.33. The van der Waals surface area contributed by atoms with Gasteiger partial charge in [0.15, 0.2) is 0 Å². The van der Waals surface area contributed by atoms with Crippen molar-refractivity contribution in [3.8, 4) is 0 Å². The third kappa shape index (κ3) is 3.23. The molecule has 2 saturated heterocycles. The normalized spacial score (nSPS) is 29.8. The van der Waals surface area contributed by atoms with E-state index in [9.17, 15) is 0 Å². The first-order valence-corrected chi connectivity index (χ1v) is 7.40. The smallest absolute Gasteiger partial charge is 0.0594 e. The van der Waals surface area contributed by atoms with Gasteiger partial charge in [0.25, 0.3) is 0 Å². The van der Waals surface area contributed by atoms with Crippen LogP contribution in [0.5, 0.6) is 0 Å². The first-order chi connectivity index (χ1) is 8.64. The molecule has 0 aromatic rings. The lowest BCUT2D eigenvalue weighted by atomic mass is 9.86. The van der Waals surface area contributed by atoms with E-state index in [1.807, 2.05) is 0 Å². The summed E-state index contributed by atoms with van der Waals surface area (Å²) >= 11 is 0. The first kappa shape index (κ1) is 14.3. The predicted octanol–water partition coefficient (Wildman–Crippen LogP) is 0.768. The molecule has 0 bridgehead atoms. The van der Waals surface area contributed by atoms with Crippen LogP contribution in [0.25, 0.3) is 0 Å². The van der Waals surface area contributed by atoms with Gasteiger partial charge in [-0.15, -0.1) is 0 Å². The number of likely N-dealkylation sites (tertiary alicyclic amines) is 1. The van der Waals surface area contributed by atoms with Crippen molar-refractivity contribution in [3.63, 3.8) is 0 Å². The number of hydrogen-bond donors (Lipinski definition) is 1. The summed E-state index contributed by atoms with van der Waals surface area (Å²) in [4.78, 5) is 5.18. The molecule has 0 aliphatic carbocycles. The zero-order valence-electron chi connectivity index (χ0n) is 12.0. The lowest BCUT2D eigenvalue weighted by molar-refractivity contribution is 0.0277. The van der Waals surface area contributed by atoms with Crippen LogP contribution >= 0.6 is 0 Å². The van der Waals surface area contributed by atoms with Gasteiger partial charge < -0.3 is 10.5 Å². The van der Waals surface area contributed by atoms with Crippen molar-refractivity contribution < 1.29 is 4.74 Å². The van der Waals surface area contributed by atoms with Gasteiger partial charge in [-0.05, 0) is 45.7 Å². The molecule has 0 aromatic heterocycles. The molecule has 2 aliphatic rings. The molecule has 2 rings (SSSR count). The third-order valence-corrected chi connectivity index (χ3v) is 4.87. The molecule has 0 amide bonds. The molecular formula is C14H29N3O. The molecule has 0 saturated carbocycles. The van der Waals surface area contributed by atoms with E-state index in [2.05, 4.69) is 23.6 Å². The van der Waals surface area contributed by atoms with Crippen molar-refractivity contribution in [2.45, 2.75) is 32.2 Å². The summed E-state index contributed by atoms with van der Waals surface area (Å²) in [5, 5.41) is 0. The van der Waals surface area contributed by atoms with Crippen LogP contribution < -0.4 is 5.73 Å². The van der Waals surface area contributed by atoms with Crippen LogP contribution in [-0.2, 0) is 4.74 Å². The number of hydrogen-bond acceptors (Lipinski definition) is 4. The molecule has 2 heterocycles. The lowest BCUT2D eigenvalue weighted by Gasteiger charge is -2.38. The Morgan fingerprint density at radius 2 is 1.89 bits per heavy atom. The summed E-state index contributed by atoms with van der Waals surface area (Å²) in [5.74, 6) is 0.771. The van der Waals surface area contributed by atoms with Gasteiger partial charge in [0.2, 0.25) is 0 Å². The Labute approximate surface area is 111 Å². The molecule has 0 aromatic carbocycles. The maximum Gasteiger partial charge on any atom is 0.0594 e. The molecule has 2 fully saturated rings. The Bertz CT molecular complexity index is 251. The maximum atomic E-state index is 5.73. The fraction of sp³-hybridized carbons (Fsp3) is 1.00. The molecule has 1 unspecified atom stereocenters. The number of morpholine rings is 1. The third-order valence-electron chi connectivity index (χ3n) is 4.87. The van der Waals surface area contributed by atoms with Gasteiger partial charge in [-0.2, -0.15) is 0 Å². The summed E-state index contributed by atoms with van der Waals surface area (Å²) < 4.78 is 5.39. The number of ether oxygens (including phenoxy) is 1. The minimum absolute atomic E-state index is 0.325. The summed E-state index contributed by atoms with van der Waals surface area (Å²) in [6, 6.07) is 0. The van der Waals surface area contributed by atoms with E-state index in [1.165, 1.54) is 32.5 Å². The minimum atomic E-state index is 0.325. The standard InChI is InChI=1S/C14H29N3O/c1-14(2)13(3-5-15)4-6-17(14)8-7-16-9-11-18-12-10-16/h13H,3-12,15H2,1-2H3. The van der Waals surface area contributed by atoms with Crippen molar-refractivity contribution in [1.82, 2.24) is 9.80 Å². The van der Waals surface area contributed by atoms with Crippen molar-refractivity contribution in [1.29, 1.82) is 0 Å². The van der Waals surface area contributed by atoms with Gasteiger partial charge in [0.05, 0.1) is 13.2 Å². The first-order valence-electron chi connectivity index (χ1n) is 7.40. The van der Waals surface area contributed by atoms with Gasteiger partial charge in [0.1, 0.15) is 0 Å². The van der Waals surface area contributed by atoms with E-state index in [0.29, 0.717) is 5.54 Å². The zero-order chi connectivity index (χ0) is 13.0. The van der Waals surface area contributed by atoms with E-state index in [4.69, 9.17) is 10.5 Å². The Morgan fingerprint density at radius 3 is 2.56 bits per heavy atom. The van der Waals surface area contributed by atoms with Gasteiger partial charge >= 0.3 is 0 Å². The van der Waals surface area contributed by atoms with Gasteiger partial charge in [-0.1, -0.05) is 0 Å². The lowest BCUT2D eigenvalue weighted by Crippen LogP contribution is -2.47. The second-order valence-corrected chi connectivity index (χ2v) is 6.16. The van der Waals surface area contributed by atoms with Gasteiger partial charge in [0, 0.05) is 31.7 Å². The number of nitrogens with two attached hydrogens (primary N) is 1. The van der Waals surface area contributed by atoms with Crippen molar-refractivity contribution in [3.05, 3.63) is 0 Å². The Morgan fingerprint density at radius 1 is 1.17 bits per heavy atom. The molecule has 0 radical (unpaired) electrons.